The van der Waals surface area contributed by atoms with E-state index in [0.717, 1.165) is 6.42 Å². The predicted molar refractivity (Wildman–Crippen MR) is 58.8 cm³/mol. The van der Waals surface area contributed by atoms with Gasteiger partial charge in [0.2, 0.25) is 0 Å². The van der Waals surface area contributed by atoms with Crippen molar-refractivity contribution in [3.8, 4) is 0 Å². The number of carbonyl (C=O) groups is 2. The molecule has 0 bridgehead atoms. The molecule has 0 amide bonds. The van der Waals surface area contributed by atoms with Crippen LogP contribution in [0.2, 0.25) is 0 Å². The monoisotopic (exact) mass is 234 g/mol. The zero-order chi connectivity index (χ0) is 11.8. The lowest BCUT2D eigenvalue weighted by Gasteiger charge is -2.19. The normalized spacial score (nSPS) is 39.8. The Balaban J connectivity index is 1.97. The summed E-state index contributed by atoms with van der Waals surface area (Å²) < 4.78 is 10.2. The molecule has 17 heavy (non-hydrogen) atoms. The van der Waals surface area contributed by atoms with Gasteiger partial charge in [0.25, 0.3) is 0 Å². The highest BCUT2D eigenvalue weighted by atomic mass is 16.5. The third kappa shape index (κ3) is 1.68. The molecule has 1 fully saturated rings. The van der Waals surface area contributed by atoms with Crippen molar-refractivity contribution in [3.05, 3.63) is 24.3 Å². The van der Waals surface area contributed by atoms with Crippen LogP contribution in [0, 0.1) is 23.7 Å². The lowest BCUT2D eigenvalue weighted by atomic mass is 9.87. The maximum absolute atomic E-state index is 11.9. The van der Waals surface area contributed by atoms with Crippen molar-refractivity contribution in [2.75, 3.05) is 13.2 Å². The first kappa shape index (κ1) is 10.6. The second-order valence-electron chi connectivity index (χ2n) is 4.73. The molecule has 0 aromatic heterocycles. The molecule has 1 saturated carbocycles. The molecule has 0 unspecified atom stereocenters. The van der Waals surface area contributed by atoms with Gasteiger partial charge >= 0.3 is 11.9 Å². The van der Waals surface area contributed by atoms with E-state index in [9.17, 15) is 9.59 Å². The Morgan fingerprint density at radius 1 is 0.882 bits per heavy atom. The van der Waals surface area contributed by atoms with E-state index in [0.29, 0.717) is 13.2 Å². The maximum Gasteiger partial charge on any atom is 0.310 e. The molecular formula is C13H14O4. The summed E-state index contributed by atoms with van der Waals surface area (Å²) in [6.07, 6.45) is 8.56. The van der Waals surface area contributed by atoms with E-state index in [-0.39, 0.29) is 35.6 Å². The van der Waals surface area contributed by atoms with Gasteiger partial charge in [0, 0.05) is 0 Å². The van der Waals surface area contributed by atoms with Crippen LogP contribution in [-0.4, -0.2) is 25.2 Å². The minimum absolute atomic E-state index is 0.107. The van der Waals surface area contributed by atoms with Crippen LogP contribution in [0.15, 0.2) is 24.3 Å². The van der Waals surface area contributed by atoms with Gasteiger partial charge in [0.1, 0.15) is 13.2 Å². The van der Waals surface area contributed by atoms with Gasteiger partial charge < -0.3 is 9.47 Å². The van der Waals surface area contributed by atoms with Crippen molar-refractivity contribution in [2.24, 2.45) is 23.7 Å². The van der Waals surface area contributed by atoms with Gasteiger partial charge in [-0.2, -0.15) is 0 Å². The van der Waals surface area contributed by atoms with Crippen LogP contribution in [-0.2, 0) is 19.1 Å². The van der Waals surface area contributed by atoms with Gasteiger partial charge in [-0.15, -0.1) is 0 Å². The minimum atomic E-state index is -0.367. The molecule has 4 nitrogen and oxygen atoms in total. The topological polar surface area (TPSA) is 52.6 Å². The number of hydrogen-bond acceptors (Lipinski definition) is 4. The standard InChI is InChI=1S/C13H14O4/c14-12-10-8(3-1-5-16-12)7-9-4-2-6-17-13(15)11(9)10/h1-4,8-11H,5-7H2/t8-,9+,10-,11-/m1/s1. The second kappa shape index (κ2) is 4.02. The predicted octanol–water partition coefficient (Wildman–Crippen LogP) is 1.08. The first-order chi connectivity index (χ1) is 8.27. The second-order valence-corrected chi connectivity index (χ2v) is 4.73. The molecule has 2 heterocycles. The fraction of sp³-hybridized carbons (Fsp3) is 0.538. The number of ether oxygens (including phenoxy) is 2. The molecule has 0 saturated heterocycles. The average molecular weight is 234 g/mol. The van der Waals surface area contributed by atoms with Crippen molar-refractivity contribution < 1.29 is 19.1 Å². The van der Waals surface area contributed by atoms with Gasteiger partial charge in [-0.05, 0) is 18.3 Å². The van der Waals surface area contributed by atoms with Crippen molar-refractivity contribution in [1.29, 1.82) is 0 Å². The van der Waals surface area contributed by atoms with Crippen molar-refractivity contribution >= 4 is 11.9 Å². The Morgan fingerprint density at radius 3 is 1.82 bits per heavy atom. The van der Waals surface area contributed by atoms with Gasteiger partial charge in [-0.1, -0.05) is 24.3 Å². The summed E-state index contributed by atoms with van der Waals surface area (Å²) in [5, 5.41) is 0. The van der Waals surface area contributed by atoms with Crippen LogP contribution in [0.4, 0.5) is 0 Å². The molecule has 0 aromatic carbocycles. The number of rotatable bonds is 0. The molecular weight excluding hydrogens is 220 g/mol. The van der Waals surface area contributed by atoms with E-state index >= 15 is 0 Å². The Hall–Kier alpha value is -1.58. The summed E-state index contributed by atoms with van der Waals surface area (Å²) in [4.78, 5) is 23.8. The van der Waals surface area contributed by atoms with Crippen LogP contribution in [0.25, 0.3) is 0 Å². The summed E-state index contributed by atoms with van der Waals surface area (Å²) in [5.41, 5.74) is 0. The highest BCUT2D eigenvalue weighted by Crippen LogP contribution is 2.45. The largest absolute Gasteiger partial charge is 0.461 e. The lowest BCUT2D eigenvalue weighted by Crippen LogP contribution is -2.32. The molecule has 90 valence electrons. The van der Waals surface area contributed by atoms with Gasteiger partial charge in [-0.3, -0.25) is 9.59 Å². The SMILES string of the molecule is O=C1OCC=C[C@@H]2C[C@@H]3C=CCOC(=O)[C@H]3[C@H]12. The van der Waals surface area contributed by atoms with E-state index in [1.54, 1.807) is 0 Å². The van der Waals surface area contributed by atoms with Gasteiger partial charge in [0.05, 0.1) is 11.8 Å². The maximum atomic E-state index is 11.9. The lowest BCUT2D eigenvalue weighted by molar-refractivity contribution is -0.159. The molecule has 3 aliphatic rings. The van der Waals surface area contributed by atoms with Gasteiger partial charge in [-0.25, -0.2) is 0 Å². The molecule has 1 aliphatic carbocycles. The number of cyclic esters (lactones) is 2. The summed E-state index contributed by atoms with van der Waals surface area (Å²) in [6, 6.07) is 0. The molecule has 4 atom stereocenters. The summed E-state index contributed by atoms with van der Waals surface area (Å²) in [7, 11) is 0. The molecule has 0 radical (unpaired) electrons. The van der Waals surface area contributed by atoms with E-state index in [1.807, 2.05) is 24.3 Å². The first-order valence-corrected chi connectivity index (χ1v) is 5.94. The third-order valence-corrected chi connectivity index (χ3v) is 3.81. The number of fused-ring (bicyclic) bond motifs is 3. The van der Waals surface area contributed by atoms with Crippen LogP contribution < -0.4 is 0 Å². The van der Waals surface area contributed by atoms with E-state index in [4.69, 9.17) is 9.47 Å². The van der Waals surface area contributed by atoms with E-state index < -0.39 is 0 Å². The molecule has 4 heteroatoms. The summed E-state index contributed by atoms with van der Waals surface area (Å²) >= 11 is 0. The Morgan fingerprint density at radius 2 is 1.35 bits per heavy atom. The average Bonchev–Trinajstić information content (AvgIpc) is 2.46. The minimum Gasteiger partial charge on any atom is -0.461 e. The number of allylic oxidation sites excluding steroid dienone is 2. The fourth-order valence-electron chi connectivity index (χ4n) is 3.09. The van der Waals surface area contributed by atoms with Crippen molar-refractivity contribution in [1.82, 2.24) is 0 Å². The summed E-state index contributed by atoms with van der Waals surface area (Å²) in [6.45, 7) is 0.627. The molecule has 3 rings (SSSR count). The summed E-state index contributed by atoms with van der Waals surface area (Å²) in [5.74, 6) is -1.05. The van der Waals surface area contributed by atoms with Crippen LogP contribution in [0.5, 0.6) is 0 Å². The molecule has 2 aliphatic heterocycles. The van der Waals surface area contributed by atoms with Crippen molar-refractivity contribution in [2.45, 2.75) is 6.42 Å². The smallest absolute Gasteiger partial charge is 0.310 e. The highest BCUT2D eigenvalue weighted by molar-refractivity contribution is 5.84. The van der Waals surface area contributed by atoms with E-state index in [2.05, 4.69) is 0 Å². The number of carbonyl (C=O) groups excluding carboxylic acids is 2. The third-order valence-electron chi connectivity index (χ3n) is 3.81. The quantitative estimate of drug-likeness (QED) is 0.465. The van der Waals surface area contributed by atoms with Crippen molar-refractivity contribution in [3.63, 3.8) is 0 Å². The Kier molecular flexibility index (Phi) is 2.50. The fourth-order valence-corrected chi connectivity index (χ4v) is 3.09. The van der Waals surface area contributed by atoms with Gasteiger partial charge in [0.15, 0.2) is 0 Å². The van der Waals surface area contributed by atoms with Crippen LogP contribution >= 0.6 is 0 Å². The number of esters is 2. The van der Waals surface area contributed by atoms with E-state index in [1.165, 1.54) is 0 Å². The molecule has 0 N–H and O–H groups in total. The zero-order valence-electron chi connectivity index (χ0n) is 9.37. The Labute approximate surface area is 99.3 Å². The Bertz CT molecular complexity index is 372. The molecule has 0 aromatic rings. The first-order valence-electron chi connectivity index (χ1n) is 5.94. The highest BCUT2D eigenvalue weighted by Gasteiger charge is 2.51. The molecule has 0 spiro atoms. The van der Waals surface area contributed by atoms with Crippen LogP contribution in [0.1, 0.15) is 6.42 Å². The number of hydrogen-bond donors (Lipinski definition) is 0. The van der Waals surface area contributed by atoms with Crippen LogP contribution in [0.3, 0.4) is 0 Å². The zero-order valence-corrected chi connectivity index (χ0v) is 9.37.